The molecule has 5 nitrogen and oxygen atoms in total. The van der Waals surface area contributed by atoms with Crippen LogP contribution in [0.1, 0.15) is 125 Å². The third kappa shape index (κ3) is 8.72. The highest BCUT2D eigenvalue weighted by Gasteiger charge is 2.56. The van der Waals surface area contributed by atoms with E-state index in [2.05, 4.69) is 130 Å². The Bertz CT molecular complexity index is 1670. The average Bonchev–Trinajstić information content (AvgIpc) is 3.60. The van der Waals surface area contributed by atoms with E-state index in [4.69, 9.17) is 25.2 Å². The molecule has 7 heteroatoms. The van der Waals surface area contributed by atoms with E-state index in [-0.39, 0.29) is 39.2 Å². The normalized spacial score (nSPS) is 32.8. The maximum absolute atomic E-state index is 11.6. The Labute approximate surface area is 337 Å². The lowest BCUT2D eigenvalue weighted by molar-refractivity contribution is 0.0969. The van der Waals surface area contributed by atoms with Crippen molar-refractivity contribution in [3.8, 4) is 0 Å². The fraction of sp³-hybridized carbons (Fsp3) is 0.688. The van der Waals surface area contributed by atoms with Crippen LogP contribution in [0.3, 0.4) is 0 Å². The van der Waals surface area contributed by atoms with E-state index < -0.39 is 22.7 Å². The maximum Gasteiger partial charge on any atom is 0.193 e. The summed E-state index contributed by atoms with van der Waals surface area (Å²) in [5, 5.41) is 11.8. The molecule has 8 atom stereocenters. The monoisotopic (exact) mass is 786 g/mol. The van der Waals surface area contributed by atoms with Crippen molar-refractivity contribution >= 4 is 22.5 Å². The first kappa shape index (κ1) is 42.6. The topological polar surface area (TPSA) is 60.3 Å². The summed E-state index contributed by atoms with van der Waals surface area (Å²) in [5.74, 6) is 2.32. The molecule has 1 unspecified atom stereocenters. The summed E-state index contributed by atoms with van der Waals surface area (Å²) >= 11 is 0. The second-order valence-corrected chi connectivity index (χ2v) is 30.9. The average molecular weight is 786 g/mol. The van der Waals surface area contributed by atoms with E-state index in [1.165, 1.54) is 37.7 Å². The van der Waals surface area contributed by atoms with E-state index >= 15 is 0 Å². The van der Waals surface area contributed by atoms with Crippen LogP contribution in [0.2, 0.25) is 36.3 Å². The number of aliphatic imine (C=N–C) groups is 1. The van der Waals surface area contributed by atoms with Crippen molar-refractivity contribution in [2.75, 3.05) is 6.54 Å². The van der Waals surface area contributed by atoms with E-state index in [1.807, 2.05) is 6.07 Å². The Morgan fingerprint density at radius 1 is 0.927 bits per heavy atom. The van der Waals surface area contributed by atoms with E-state index in [0.717, 1.165) is 42.7 Å². The van der Waals surface area contributed by atoms with Crippen LogP contribution in [0.5, 0.6) is 0 Å². The van der Waals surface area contributed by atoms with Crippen molar-refractivity contribution in [2.24, 2.45) is 33.6 Å². The molecule has 1 aliphatic heterocycles. The summed E-state index contributed by atoms with van der Waals surface area (Å²) in [6.45, 7) is 33.8. The van der Waals surface area contributed by atoms with Gasteiger partial charge in [-0.25, -0.2) is 0 Å². The highest BCUT2D eigenvalue weighted by Crippen LogP contribution is 2.60. The van der Waals surface area contributed by atoms with Crippen LogP contribution in [0.4, 0.5) is 0 Å². The molecule has 304 valence electrons. The summed E-state index contributed by atoms with van der Waals surface area (Å²) in [6.07, 6.45) is 18.7. The summed E-state index contributed by atoms with van der Waals surface area (Å²) < 4.78 is 20.6. The van der Waals surface area contributed by atoms with Crippen LogP contribution in [-0.4, -0.2) is 52.5 Å². The van der Waals surface area contributed by atoms with E-state index in [1.54, 1.807) is 5.57 Å². The Hall–Kier alpha value is -2.04. The molecule has 0 bridgehead atoms. The molecule has 6 rings (SSSR count). The molecule has 1 aromatic rings. The molecule has 1 aromatic carbocycles. The number of nitrogens with zero attached hydrogens (tertiary/aromatic N) is 1. The Kier molecular flexibility index (Phi) is 12.1. The van der Waals surface area contributed by atoms with Gasteiger partial charge >= 0.3 is 0 Å². The van der Waals surface area contributed by atoms with Gasteiger partial charge in [-0.3, -0.25) is 4.99 Å². The zero-order chi connectivity index (χ0) is 40.2. The van der Waals surface area contributed by atoms with Gasteiger partial charge < -0.3 is 18.7 Å². The highest BCUT2D eigenvalue weighted by molar-refractivity contribution is 6.74. The van der Waals surface area contributed by atoms with Crippen LogP contribution in [0, 0.1) is 28.6 Å². The first-order valence-corrected chi connectivity index (χ1v) is 27.5. The lowest BCUT2D eigenvalue weighted by Gasteiger charge is -2.45. The molecule has 0 amide bonds. The molecular weight excluding hydrogens is 711 g/mol. The van der Waals surface area contributed by atoms with E-state index in [9.17, 15) is 5.11 Å². The zero-order valence-electron chi connectivity index (χ0n) is 36.6. The lowest BCUT2D eigenvalue weighted by atomic mass is 9.61. The second kappa shape index (κ2) is 15.6. The smallest absolute Gasteiger partial charge is 0.193 e. The molecule has 0 spiro atoms. The minimum atomic E-state index is -2.01. The highest BCUT2D eigenvalue weighted by atomic mass is 28.4. The number of rotatable bonds is 11. The molecule has 5 aliphatic rings. The Morgan fingerprint density at radius 2 is 1.58 bits per heavy atom. The zero-order valence-corrected chi connectivity index (χ0v) is 38.6. The van der Waals surface area contributed by atoms with E-state index in [0.29, 0.717) is 24.3 Å². The quantitative estimate of drug-likeness (QED) is 0.179. The molecule has 55 heavy (non-hydrogen) atoms. The molecule has 4 fully saturated rings. The molecule has 4 aliphatic carbocycles. The Morgan fingerprint density at radius 3 is 2.22 bits per heavy atom. The standard InChI is InChI=1S/C48H75NO4Si2/c1-33(21-26-43(50)48(28-29-48)44-49-32-42(51-44)36-18-15-14-16-19-36)39-24-25-40-35(20-17-27-47(39,40)9)22-23-37-30-38(52-54(10,11)45(3,4)5)31-41(34(37)2)53-55(12,13)46(6,7)8/h14-16,18-19,21-23,26,33,38-43,50H,2,17,20,24-25,27-32H2,1,3-13H3/t33-,38-,39-,40+,41+,42?,43-,47-/m1/s1. The number of ether oxygens (including phenoxy) is 1. The minimum absolute atomic E-state index is 0.00287. The summed E-state index contributed by atoms with van der Waals surface area (Å²) in [7, 11) is -3.98. The number of aliphatic hydroxyl groups excluding tert-OH is 1. The third-order valence-corrected chi connectivity index (χ3v) is 24.6. The van der Waals surface area contributed by atoms with Crippen LogP contribution in [0.25, 0.3) is 0 Å². The number of benzene rings is 1. The molecule has 0 aromatic heterocycles. The van der Waals surface area contributed by atoms with Gasteiger partial charge in [0.05, 0.1) is 30.3 Å². The first-order valence-electron chi connectivity index (χ1n) is 21.7. The third-order valence-electron chi connectivity index (χ3n) is 15.6. The Balaban J connectivity index is 1.16. The van der Waals surface area contributed by atoms with Gasteiger partial charge in [-0.1, -0.05) is 122 Å². The molecule has 0 saturated heterocycles. The van der Waals surface area contributed by atoms with Crippen molar-refractivity contribution in [3.63, 3.8) is 0 Å². The summed E-state index contributed by atoms with van der Waals surface area (Å²) in [6, 6.07) is 10.3. The SMILES string of the molecule is C=C1C(=CC=C2CCC[C@]3(C)[C@@H]([C@H](C)C=C[C@@H](O)C4(C5=NCC(c6ccccc6)O5)CC4)CC[C@@H]23)C[C@@H](O[Si](C)(C)C(C)(C)C)C[C@@H]1O[Si](C)(C)C(C)(C)C. The van der Waals surface area contributed by atoms with Gasteiger partial charge in [0.1, 0.15) is 6.10 Å². The summed E-state index contributed by atoms with van der Waals surface area (Å²) in [5.41, 5.74) is 5.14. The fourth-order valence-electron chi connectivity index (χ4n) is 9.77. The van der Waals surface area contributed by atoms with Gasteiger partial charge in [-0.2, -0.15) is 0 Å². The molecule has 1 N–H and O–H groups in total. The number of hydrogen-bond acceptors (Lipinski definition) is 5. The van der Waals surface area contributed by atoms with Crippen LogP contribution >= 0.6 is 0 Å². The first-order chi connectivity index (χ1) is 25.6. The van der Waals surface area contributed by atoms with Gasteiger partial charge in [-0.05, 0) is 128 Å². The molecule has 1 heterocycles. The van der Waals surface area contributed by atoms with Gasteiger partial charge in [-0.15, -0.1) is 0 Å². The number of hydrogen-bond donors (Lipinski definition) is 1. The van der Waals surface area contributed by atoms with Crippen molar-refractivity contribution in [2.45, 2.75) is 174 Å². The number of fused-ring (bicyclic) bond motifs is 1. The predicted molar refractivity (Wildman–Crippen MR) is 235 cm³/mol. The second-order valence-electron chi connectivity index (χ2n) is 21.4. The van der Waals surface area contributed by atoms with Gasteiger partial charge in [0.15, 0.2) is 22.5 Å². The fourth-order valence-corrected chi connectivity index (χ4v) is 12.4. The maximum atomic E-state index is 11.6. The van der Waals surface area contributed by atoms with Gasteiger partial charge in [0.25, 0.3) is 0 Å². The number of aliphatic hydroxyl groups is 1. The lowest BCUT2D eigenvalue weighted by Crippen LogP contribution is -2.49. The molecular formula is C48H75NO4Si2. The van der Waals surface area contributed by atoms with Crippen molar-refractivity contribution in [3.05, 3.63) is 83.5 Å². The molecule has 0 radical (unpaired) electrons. The molecule has 4 saturated carbocycles. The van der Waals surface area contributed by atoms with Crippen molar-refractivity contribution in [1.82, 2.24) is 0 Å². The van der Waals surface area contributed by atoms with Crippen LogP contribution in [0.15, 0.2) is 82.9 Å². The summed E-state index contributed by atoms with van der Waals surface area (Å²) in [4.78, 5) is 4.81. The van der Waals surface area contributed by atoms with Gasteiger partial charge in [0, 0.05) is 6.42 Å². The van der Waals surface area contributed by atoms with Crippen molar-refractivity contribution < 1.29 is 18.7 Å². The van der Waals surface area contributed by atoms with Gasteiger partial charge in [0.2, 0.25) is 0 Å². The minimum Gasteiger partial charge on any atom is -0.470 e. The largest absolute Gasteiger partial charge is 0.470 e. The van der Waals surface area contributed by atoms with Crippen molar-refractivity contribution in [1.29, 1.82) is 0 Å². The van der Waals surface area contributed by atoms with Crippen LogP contribution < -0.4 is 0 Å². The predicted octanol–water partition coefficient (Wildman–Crippen LogP) is 12.7. The number of allylic oxidation sites excluding steroid dienone is 4. The van der Waals surface area contributed by atoms with Crippen LogP contribution in [-0.2, 0) is 13.6 Å².